The zero-order chi connectivity index (χ0) is 11.7. The van der Waals surface area contributed by atoms with Crippen LogP contribution < -0.4 is 14.3 Å². The van der Waals surface area contributed by atoms with Crippen molar-refractivity contribution in [1.82, 2.24) is 0 Å². The maximum absolute atomic E-state index is 10.3. The van der Waals surface area contributed by atoms with Gasteiger partial charge < -0.3 is 18.9 Å². The second-order valence-electron chi connectivity index (χ2n) is 4.31. The molecule has 0 bridgehead atoms. The number of phosphoric ester groups is 1. The molecule has 4 nitrogen and oxygen atoms in total. The summed E-state index contributed by atoms with van der Waals surface area (Å²) in [5.41, 5.74) is 1.03. The zero-order valence-electron chi connectivity index (χ0n) is 9.60. The van der Waals surface area contributed by atoms with Gasteiger partial charge in [0.2, 0.25) is 0 Å². The van der Waals surface area contributed by atoms with Crippen molar-refractivity contribution in [2.75, 3.05) is 0 Å². The van der Waals surface area contributed by atoms with Crippen LogP contribution in [0.3, 0.4) is 0 Å². The molecule has 0 aliphatic heterocycles. The van der Waals surface area contributed by atoms with E-state index in [0.717, 1.165) is 5.56 Å². The van der Waals surface area contributed by atoms with Gasteiger partial charge in [-0.3, -0.25) is 0 Å². The molecule has 84 valence electrons. The van der Waals surface area contributed by atoms with Crippen LogP contribution in [0.2, 0.25) is 0 Å². The number of phosphoric acid groups is 1. The first-order chi connectivity index (χ1) is 6.68. The molecule has 0 saturated heterocycles. The van der Waals surface area contributed by atoms with E-state index >= 15 is 0 Å². The molecule has 0 fully saturated rings. The Bertz CT molecular complexity index is 377. The van der Waals surface area contributed by atoms with Gasteiger partial charge >= 0.3 is 23.1 Å². The number of benzene rings is 1. The summed E-state index contributed by atoms with van der Waals surface area (Å²) < 4.78 is 14.5. The summed E-state index contributed by atoms with van der Waals surface area (Å²) in [6, 6.07) is 6.43. The van der Waals surface area contributed by atoms with Crippen molar-refractivity contribution in [3.8, 4) is 5.75 Å². The molecule has 0 heterocycles. The first kappa shape index (κ1) is 15.9. The quantitative estimate of drug-likeness (QED) is 0.577. The van der Waals surface area contributed by atoms with Crippen molar-refractivity contribution in [3.63, 3.8) is 0 Å². The molecule has 0 spiro atoms. The number of hydrogen-bond donors (Lipinski definition) is 0. The Labute approximate surface area is 111 Å². The SMILES string of the molecule is CC(C)(C)c1ccc(OP(=O)([O-])[O-])cc1.[Mg+2]. The first-order valence-corrected chi connectivity index (χ1v) is 5.97. The molecule has 0 N–H and O–H groups in total. The molecule has 1 aromatic carbocycles. The summed E-state index contributed by atoms with van der Waals surface area (Å²) in [6.45, 7) is 6.11. The van der Waals surface area contributed by atoms with Crippen molar-refractivity contribution in [3.05, 3.63) is 29.8 Å². The zero-order valence-corrected chi connectivity index (χ0v) is 11.9. The molecule has 0 atom stereocenters. The Balaban J connectivity index is 0.00000225. The average molecular weight is 252 g/mol. The summed E-state index contributed by atoms with van der Waals surface area (Å²) in [6.07, 6.45) is 0. The van der Waals surface area contributed by atoms with Gasteiger partial charge in [-0.2, -0.15) is 0 Å². The molecule has 0 radical (unpaired) electrons. The van der Waals surface area contributed by atoms with Gasteiger partial charge in [-0.25, -0.2) is 0 Å². The Kier molecular flexibility index (Phi) is 5.49. The van der Waals surface area contributed by atoms with Crippen molar-refractivity contribution in [2.24, 2.45) is 0 Å². The van der Waals surface area contributed by atoms with Gasteiger partial charge in [-0.1, -0.05) is 32.9 Å². The molecule has 0 aliphatic rings. The van der Waals surface area contributed by atoms with E-state index in [0.29, 0.717) is 0 Å². The van der Waals surface area contributed by atoms with Crippen molar-refractivity contribution in [1.29, 1.82) is 0 Å². The Morgan fingerprint density at radius 1 is 1.12 bits per heavy atom. The topological polar surface area (TPSA) is 72.4 Å². The van der Waals surface area contributed by atoms with E-state index in [1.807, 2.05) is 20.8 Å². The van der Waals surface area contributed by atoms with E-state index in [9.17, 15) is 14.4 Å². The third kappa shape index (κ3) is 5.32. The van der Waals surface area contributed by atoms with Crippen LogP contribution in [0.1, 0.15) is 26.3 Å². The summed E-state index contributed by atoms with van der Waals surface area (Å²) in [5, 5.41) is 0. The van der Waals surface area contributed by atoms with Crippen LogP contribution in [-0.4, -0.2) is 23.1 Å². The molecule has 0 amide bonds. The van der Waals surface area contributed by atoms with E-state index in [2.05, 4.69) is 4.52 Å². The van der Waals surface area contributed by atoms with Gasteiger partial charge in [0.05, 0.1) is 0 Å². The van der Waals surface area contributed by atoms with Crippen molar-refractivity contribution in [2.45, 2.75) is 26.2 Å². The van der Waals surface area contributed by atoms with Gasteiger partial charge in [0.15, 0.2) is 0 Å². The van der Waals surface area contributed by atoms with Crippen LogP contribution in [0.4, 0.5) is 0 Å². The van der Waals surface area contributed by atoms with Crippen LogP contribution in [-0.2, 0) is 9.98 Å². The fraction of sp³-hybridized carbons (Fsp3) is 0.400. The molecule has 0 saturated carbocycles. The second kappa shape index (κ2) is 5.51. The van der Waals surface area contributed by atoms with Crippen LogP contribution >= 0.6 is 7.82 Å². The molecule has 1 rings (SSSR count). The van der Waals surface area contributed by atoms with Gasteiger partial charge in [0, 0.05) is 0 Å². The molecular weight excluding hydrogens is 239 g/mol. The second-order valence-corrected chi connectivity index (χ2v) is 5.39. The maximum atomic E-state index is 10.3. The fourth-order valence-electron chi connectivity index (χ4n) is 1.14. The molecule has 0 unspecified atom stereocenters. The Hall–Kier alpha value is -0.0638. The van der Waals surface area contributed by atoms with E-state index in [1.54, 1.807) is 12.1 Å². The standard InChI is InChI=1S/C10H15O4P.Mg/c1-10(2,3)8-4-6-9(7-5-8)14-15(11,12)13;/h4-7H,1-3H3,(H2,11,12,13);/q;+2/p-2. The van der Waals surface area contributed by atoms with Gasteiger partial charge in [0.25, 0.3) is 0 Å². The summed E-state index contributed by atoms with van der Waals surface area (Å²) in [5.74, 6) is 0.0522. The summed E-state index contributed by atoms with van der Waals surface area (Å²) in [4.78, 5) is 20.7. The van der Waals surface area contributed by atoms with Crippen LogP contribution in [0.25, 0.3) is 0 Å². The number of rotatable bonds is 2. The van der Waals surface area contributed by atoms with Crippen molar-refractivity contribution < 1.29 is 18.9 Å². The largest absolute Gasteiger partial charge is 2.00 e. The van der Waals surface area contributed by atoms with Crippen molar-refractivity contribution >= 4 is 30.9 Å². The van der Waals surface area contributed by atoms with Crippen LogP contribution in [0.5, 0.6) is 5.75 Å². The minimum Gasteiger partial charge on any atom is -0.780 e. The van der Waals surface area contributed by atoms with E-state index in [-0.39, 0.29) is 34.2 Å². The predicted molar refractivity (Wildman–Crippen MR) is 59.1 cm³/mol. The average Bonchev–Trinajstić information content (AvgIpc) is 2.00. The minimum absolute atomic E-state index is 0. The fourth-order valence-corrected chi connectivity index (χ4v) is 1.52. The normalized spacial score (nSPS) is 11.8. The van der Waals surface area contributed by atoms with E-state index in [1.165, 1.54) is 12.1 Å². The third-order valence-corrected chi connectivity index (χ3v) is 2.37. The Morgan fingerprint density at radius 3 is 1.88 bits per heavy atom. The van der Waals surface area contributed by atoms with Gasteiger partial charge in [-0.05, 0) is 23.1 Å². The molecule has 6 heteroatoms. The molecular formula is C10H13MgO4P. The summed E-state index contributed by atoms with van der Waals surface area (Å²) in [7, 11) is -4.94. The minimum atomic E-state index is -4.94. The van der Waals surface area contributed by atoms with E-state index < -0.39 is 7.82 Å². The first-order valence-electron chi connectivity index (χ1n) is 4.51. The molecule has 16 heavy (non-hydrogen) atoms. The predicted octanol–water partition coefficient (Wildman–Crippen LogP) is 0.811. The Morgan fingerprint density at radius 2 is 1.56 bits per heavy atom. The third-order valence-electron chi connectivity index (χ3n) is 1.94. The summed E-state index contributed by atoms with van der Waals surface area (Å²) >= 11 is 0. The molecule has 0 aliphatic carbocycles. The molecule has 1 aromatic rings. The van der Waals surface area contributed by atoms with Gasteiger partial charge in [-0.15, -0.1) is 0 Å². The maximum Gasteiger partial charge on any atom is 2.00 e. The number of hydrogen-bond acceptors (Lipinski definition) is 4. The molecule has 0 aromatic heterocycles. The van der Waals surface area contributed by atoms with Crippen LogP contribution in [0.15, 0.2) is 24.3 Å². The van der Waals surface area contributed by atoms with Crippen LogP contribution in [0, 0.1) is 0 Å². The van der Waals surface area contributed by atoms with E-state index in [4.69, 9.17) is 0 Å². The smallest absolute Gasteiger partial charge is 0.780 e. The monoisotopic (exact) mass is 252 g/mol. The van der Waals surface area contributed by atoms with Gasteiger partial charge in [0.1, 0.15) is 13.6 Å².